The molecule has 0 aliphatic carbocycles. The van der Waals surface area contributed by atoms with Crippen LogP contribution in [0.2, 0.25) is 0 Å². The normalized spacial score (nSPS) is 10.7. The first kappa shape index (κ1) is 16.7. The van der Waals surface area contributed by atoms with Crippen molar-refractivity contribution in [3.8, 4) is 5.75 Å². The van der Waals surface area contributed by atoms with Crippen LogP contribution in [0.25, 0.3) is 11.0 Å². The summed E-state index contributed by atoms with van der Waals surface area (Å²) in [7, 11) is 5.39. The second-order valence-electron chi connectivity index (χ2n) is 5.87. The molecule has 1 aromatic carbocycles. The molecule has 6 heteroatoms. The highest BCUT2D eigenvalue weighted by Crippen LogP contribution is 2.24. The lowest BCUT2D eigenvalue weighted by Gasteiger charge is -2.10. The molecule has 3 rings (SSSR count). The smallest absolute Gasteiger partial charge is 0.347 e. The number of hydrogen-bond donors (Lipinski definition) is 0. The topological polar surface area (TPSA) is 63.6 Å². The number of rotatable bonds is 5. The summed E-state index contributed by atoms with van der Waals surface area (Å²) in [5.74, 6) is 0.156. The maximum atomic E-state index is 12.5. The number of carbonyl (C=O) groups is 1. The van der Waals surface area contributed by atoms with Crippen LogP contribution in [0.1, 0.15) is 10.4 Å². The Morgan fingerprint density at radius 1 is 1.20 bits per heavy atom. The lowest BCUT2D eigenvalue weighted by atomic mass is 10.1. The van der Waals surface area contributed by atoms with Crippen molar-refractivity contribution >= 4 is 22.4 Å². The largest absolute Gasteiger partial charge is 0.493 e. The van der Waals surface area contributed by atoms with E-state index in [0.717, 1.165) is 5.69 Å². The number of Topliss-reactive ketones (excluding diaryl/α,β-unsaturated/α-hetero) is 1. The van der Waals surface area contributed by atoms with Crippen molar-refractivity contribution in [1.29, 1.82) is 0 Å². The monoisotopic (exact) mass is 339 g/mol. The Kier molecular flexibility index (Phi) is 4.52. The molecule has 0 unspecified atom stereocenters. The van der Waals surface area contributed by atoms with Crippen LogP contribution in [0.5, 0.6) is 5.75 Å². The lowest BCUT2D eigenvalue weighted by Crippen LogP contribution is -2.38. The highest BCUT2D eigenvalue weighted by atomic mass is 16.5. The van der Waals surface area contributed by atoms with Crippen molar-refractivity contribution in [2.24, 2.45) is 0 Å². The summed E-state index contributed by atoms with van der Waals surface area (Å²) >= 11 is 0. The van der Waals surface area contributed by atoms with E-state index in [1.165, 1.54) is 7.11 Å². The molecule has 2 aromatic heterocycles. The Morgan fingerprint density at radius 2 is 1.92 bits per heavy atom. The van der Waals surface area contributed by atoms with Gasteiger partial charge < -0.3 is 14.1 Å². The Labute approximate surface area is 144 Å². The summed E-state index contributed by atoms with van der Waals surface area (Å²) < 4.78 is 12.2. The number of hydrogen-bond acceptors (Lipinski definition) is 5. The number of fused-ring (bicyclic) bond motifs is 1. The van der Waals surface area contributed by atoms with E-state index >= 15 is 0 Å². The van der Waals surface area contributed by atoms with Crippen LogP contribution in [-0.4, -0.2) is 27.0 Å². The van der Waals surface area contributed by atoms with Crippen molar-refractivity contribution in [3.63, 3.8) is 0 Å². The summed E-state index contributed by atoms with van der Waals surface area (Å²) in [6.45, 7) is 0.0634. The minimum absolute atomic E-state index is 0.0324. The SMILES string of the molecule is COc1cccc2cc(C(=O)C[n+]3ccc(N(C)C)cc3)c(=O)oc12. The average Bonchev–Trinajstić information content (AvgIpc) is 2.61. The first-order valence-corrected chi connectivity index (χ1v) is 7.80. The molecule has 3 aromatic rings. The van der Waals surface area contributed by atoms with Gasteiger partial charge in [0.15, 0.2) is 23.7 Å². The molecule has 2 heterocycles. The van der Waals surface area contributed by atoms with Gasteiger partial charge in [-0.15, -0.1) is 0 Å². The van der Waals surface area contributed by atoms with Crippen LogP contribution in [0.4, 0.5) is 5.69 Å². The number of aromatic nitrogens is 1. The minimum atomic E-state index is -0.660. The number of carbonyl (C=O) groups excluding carboxylic acids is 1. The quantitative estimate of drug-likeness (QED) is 0.404. The third-order valence-corrected chi connectivity index (χ3v) is 3.96. The summed E-state index contributed by atoms with van der Waals surface area (Å²) in [6.07, 6.45) is 3.61. The number of ketones is 1. The maximum absolute atomic E-state index is 12.5. The van der Waals surface area contributed by atoms with Gasteiger partial charge in [0.05, 0.1) is 7.11 Å². The molecular weight excluding hydrogens is 320 g/mol. The van der Waals surface area contributed by atoms with Crippen LogP contribution in [0.15, 0.2) is 58.0 Å². The summed E-state index contributed by atoms with van der Waals surface area (Å²) in [4.78, 5) is 26.7. The molecule has 0 amide bonds. The zero-order valence-electron chi connectivity index (χ0n) is 14.4. The van der Waals surface area contributed by atoms with Crippen molar-refractivity contribution in [2.45, 2.75) is 6.54 Å². The van der Waals surface area contributed by atoms with E-state index in [4.69, 9.17) is 9.15 Å². The van der Waals surface area contributed by atoms with E-state index in [9.17, 15) is 9.59 Å². The van der Waals surface area contributed by atoms with Gasteiger partial charge in [0.1, 0.15) is 5.56 Å². The maximum Gasteiger partial charge on any atom is 0.347 e. The van der Waals surface area contributed by atoms with Gasteiger partial charge in [-0.1, -0.05) is 12.1 Å². The molecule has 0 spiro atoms. The second-order valence-corrected chi connectivity index (χ2v) is 5.87. The molecule has 0 saturated heterocycles. The molecule has 0 N–H and O–H groups in total. The first-order valence-electron chi connectivity index (χ1n) is 7.80. The van der Waals surface area contributed by atoms with Crippen molar-refractivity contribution in [2.75, 3.05) is 26.1 Å². The lowest BCUT2D eigenvalue weighted by molar-refractivity contribution is -0.683. The number of nitrogens with zero attached hydrogens (tertiary/aromatic N) is 2. The molecule has 128 valence electrons. The van der Waals surface area contributed by atoms with Gasteiger partial charge in [0.2, 0.25) is 12.3 Å². The molecule has 0 radical (unpaired) electrons. The average molecular weight is 339 g/mol. The van der Waals surface area contributed by atoms with Crippen LogP contribution in [-0.2, 0) is 6.54 Å². The molecular formula is C19H19N2O4+. The summed E-state index contributed by atoms with van der Waals surface area (Å²) in [6, 6.07) is 10.6. The van der Waals surface area contributed by atoms with E-state index in [2.05, 4.69) is 0 Å². The van der Waals surface area contributed by atoms with Gasteiger partial charge in [-0.05, 0) is 12.1 Å². The second kappa shape index (κ2) is 6.76. The van der Waals surface area contributed by atoms with E-state index in [0.29, 0.717) is 16.7 Å². The Morgan fingerprint density at radius 3 is 2.56 bits per heavy atom. The van der Waals surface area contributed by atoms with Crippen LogP contribution < -0.4 is 19.8 Å². The molecule has 0 fully saturated rings. The number of pyridine rings is 1. The summed E-state index contributed by atoms with van der Waals surface area (Å²) in [5.41, 5.74) is 0.744. The predicted octanol–water partition coefficient (Wildman–Crippen LogP) is 2.04. The van der Waals surface area contributed by atoms with Crippen molar-refractivity contribution in [3.05, 3.63) is 64.8 Å². The molecule has 6 nitrogen and oxygen atoms in total. The molecule has 25 heavy (non-hydrogen) atoms. The number of benzene rings is 1. The number of ether oxygens (including phenoxy) is 1. The van der Waals surface area contributed by atoms with E-state index in [1.807, 2.05) is 31.1 Å². The standard InChI is InChI=1S/C19H19N2O4/c1-20(2)14-7-9-21(10-8-14)12-16(22)15-11-13-5-4-6-17(24-3)18(13)25-19(15)23/h4-11H,12H2,1-3H3/q+1. The number of para-hydroxylation sites is 1. The van der Waals surface area contributed by atoms with Crippen LogP contribution in [0, 0.1) is 0 Å². The Hall–Kier alpha value is -3.15. The molecule has 0 atom stereocenters. The molecule has 0 aliphatic heterocycles. The van der Waals surface area contributed by atoms with Gasteiger partial charge in [-0.3, -0.25) is 4.79 Å². The number of methoxy groups -OCH3 is 1. The Balaban J connectivity index is 1.92. The highest BCUT2D eigenvalue weighted by molar-refractivity contribution is 5.98. The predicted molar refractivity (Wildman–Crippen MR) is 94.3 cm³/mol. The zero-order valence-corrected chi connectivity index (χ0v) is 14.4. The van der Waals surface area contributed by atoms with E-state index in [-0.39, 0.29) is 17.9 Å². The van der Waals surface area contributed by atoms with Crippen LogP contribution in [0.3, 0.4) is 0 Å². The molecule has 0 aliphatic rings. The van der Waals surface area contributed by atoms with Gasteiger partial charge in [-0.25, -0.2) is 4.79 Å². The molecule has 0 bridgehead atoms. The first-order chi connectivity index (χ1) is 12.0. The molecule has 0 saturated carbocycles. The minimum Gasteiger partial charge on any atom is -0.493 e. The van der Waals surface area contributed by atoms with Gasteiger partial charge in [-0.2, -0.15) is 4.57 Å². The number of anilines is 1. The van der Waals surface area contributed by atoms with E-state index < -0.39 is 5.63 Å². The van der Waals surface area contributed by atoms with Gasteiger partial charge >= 0.3 is 5.63 Å². The summed E-state index contributed by atoms with van der Waals surface area (Å²) in [5, 5.41) is 0.648. The Bertz CT molecular complexity index is 975. The highest BCUT2D eigenvalue weighted by Gasteiger charge is 2.19. The van der Waals surface area contributed by atoms with Gasteiger partial charge in [0, 0.05) is 37.3 Å². The van der Waals surface area contributed by atoms with Crippen LogP contribution >= 0.6 is 0 Å². The zero-order chi connectivity index (χ0) is 18.0. The van der Waals surface area contributed by atoms with Gasteiger partial charge in [0.25, 0.3) is 0 Å². The third kappa shape index (κ3) is 3.38. The van der Waals surface area contributed by atoms with E-state index in [1.54, 1.807) is 41.2 Å². The van der Waals surface area contributed by atoms with Crippen molar-refractivity contribution < 1.29 is 18.5 Å². The third-order valence-electron chi connectivity index (χ3n) is 3.96. The van der Waals surface area contributed by atoms with Crippen molar-refractivity contribution in [1.82, 2.24) is 0 Å². The fourth-order valence-corrected chi connectivity index (χ4v) is 2.58. The fraction of sp³-hybridized carbons (Fsp3) is 0.211. The fourth-order valence-electron chi connectivity index (χ4n) is 2.58.